The number of hydrogen-bond donors (Lipinski definition) is 1. The van der Waals surface area contributed by atoms with Crippen LogP contribution in [0.1, 0.15) is 18.5 Å². The van der Waals surface area contributed by atoms with Gasteiger partial charge in [0, 0.05) is 6.61 Å². The molecule has 0 spiro atoms. The lowest BCUT2D eigenvalue weighted by Gasteiger charge is -2.11. The van der Waals surface area contributed by atoms with Crippen LogP contribution in [0.2, 0.25) is 0 Å². The SMILES string of the molecule is CCOC[C@@H](N)c1ccc(F)cc1.Cl. The van der Waals surface area contributed by atoms with Crippen LogP contribution in [0.4, 0.5) is 4.39 Å². The van der Waals surface area contributed by atoms with E-state index in [2.05, 4.69) is 0 Å². The van der Waals surface area contributed by atoms with Gasteiger partial charge in [0.1, 0.15) is 5.82 Å². The highest BCUT2D eigenvalue weighted by molar-refractivity contribution is 5.85. The van der Waals surface area contributed by atoms with E-state index >= 15 is 0 Å². The second-order valence-corrected chi connectivity index (χ2v) is 2.82. The van der Waals surface area contributed by atoms with E-state index in [0.717, 1.165) is 5.56 Å². The number of ether oxygens (including phenoxy) is 1. The predicted molar refractivity (Wildman–Crippen MR) is 57.1 cm³/mol. The van der Waals surface area contributed by atoms with E-state index in [1.54, 1.807) is 12.1 Å². The van der Waals surface area contributed by atoms with Crippen molar-refractivity contribution < 1.29 is 9.13 Å². The molecule has 1 rings (SSSR count). The fourth-order valence-corrected chi connectivity index (χ4v) is 1.05. The number of rotatable bonds is 4. The smallest absolute Gasteiger partial charge is 0.123 e. The molecular formula is C10H15ClFNO. The van der Waals surface area contributed by atoms with Crippen molar-refractivity contribution in [3.8, 4) is 0 Å². The van der Waals surface area contributed by atoms with Crippen LogP contribution < -0.4 is 5.73 Å². The molecule has 1 aromatic carbocycles. The van der Waals surface area contributed by atoms with Crippen molar-refractivity contribution >= 4 is 12.4 Å². The Morgan fingerprint density at radius 1 is 1.36 bits per heavy atom. The van der Waals surface area contributed by atoms with E-state index in [4.69, 9.17) is 10.5 Å². The Morgan fingerprint density at radius 3 is 2.43 bits per heavy atom. The molecule has 0 aromatic heterocycles. The molecule has 0 radical (unpaired) electrons. The Kier molecular flexibility index (Phi) is 6.45. The largest absolute Gasteiger partial charge is 0.380 e. The Morgan fingerprint density at radius 2 is 1.93 bits per heavy atom. The van der Waals surface area contributed by atoms with E-state index in [0.29, 0.717) is 13.2 Å². The van der Waals surface area contributed by atoms with Crippen molar-refractivity contribution in [1.29, 1.82) is 0 Å². The molecule has 4 heteroatoms. The van der Waals surface area contributed by atoms with Crippen molar-refractivity contribution in [3.05, 3.63) is 35.6 Å². The van der Waals surface area contributed by atoms with Gasteiger partial charge >= 0.3 is 0 Å². The maximum atomic E-state index is 12.5. The first kappa shape index (κ1) is 13.4. The molecule has 80 valence electrons. The van der Waals surface area contributed by atoms with Crippen LogP contribution in [0.3, 0.4) is 0 Å². The van der Waals surface area contributed by atoms with Gasteiger partial charge in [0.15, 0.2) is 0 Å². The fraction of sp³-hybridized carbons (Fsp3) is 0.400. The standard InChI is InChI=1S/C10H14FNO.ClH/c1-2-13-7-10(12)8-3-5-9(11)6-4-8;/h3-6,10H,2,7,12H2,1H3;1H/t10-;/m1./s1. The summed E-state index contributed by atoms with van der Waals surface area (Å²) in [5, 5.41) is 0. The zero-order valence-electron chi connectivity index (χ0n) is 8.07. The maximum Gasteiger partial charge on any atom is 0.123 e. The molecule has 0 aliphatic heterocycles. The number of hydrogen-bond acceptors (Lipinski definition) is 2. The number of halogens is 2. The third-order valence-corrected chi connectivity index (χ3v) is 1.80. The maximum absolute atomic E-state index is 12.5. The van der Waals surface area contributed by atoms with Crippen molar-refractivity contribution in [2.24, 2.45) is 5.73 Å². The van der Waals surface area contributed by atoms with Crippen molar-refractivity contribution in [3.63, 3.8) is 0 Å². The zero-order valence-corrected chi connectivity index (χ0v) is 8.89. The summed E-state index contributed by atoms with van der Waals surface area (Å²) in [6.07, 6.45) is 0. The van der Waals surface area contributed by atoms with Gasteiger partial charge in [-0.25, -0.2) is 4.39 Å². The highest BCUT2D eigenvalue weighted by Gasteiger charge is 2.04. The minimum Gasteiger partial charge on any atom is -0.380 e. The fourth-order valence-electron chi connectivity index (χ4n) is 1.05. The third kappa shape index (κ3) is 4.05. The number of benzene rings is 1. The van der Waals surface area contributed by atoms with E-state index < -0.39 is 0 Å². The molecule has 0 aliphatic rings. The first-order chi connectivity index (χ1) is 6.24. The molecule has 0 bridgehead atoms. The van der Waals surface area contributed by atoms with Crippen molar-refractivity contribution in [1.82, 2.24) is 0 Å². The van der Waals surface area contributed by atoms with Gasteiger partial charge in [0.2, 0.25) is 0 Å². The van der Waals surface area contributed by atoms with E-state index in [-0.39, 0.29) is 24.3 Å². The Bertz CT molecular complexity index is 253. The van der Waals surface area contributed by atoms with Crippen molar-refractivity contribution in [2.45, 2.75) is 13.0 Å². The average Bonchev–Trinajstić information content (AvgIpc) is 2.15. The minimum absolute atomic E-state index is 0. The van der Waals surface area contributed by atoms with Gasteiger partial charge in [-0.3, -0.25) is 0 Å². The molecule has 0 unspecified atom stereocenters. The first-order valence-electron chi connectivity index (χ1n) is 4.33. The summed E-state index contributed by atoms with van der Waals surface area (Å²) in [6, 6.07) is 6.00. The molecule has 0 fully saturated rings. The summed E-state index contributed by atoms with van der Waals surface area (Å²) in [4.78, 5) is 0. The zero-order chi connectivity index (χ0) is 9.68. The molecule has 0 amide bonds. The molecule has 0 aliphatic carbocycles. The summed E-state index contributed by atoms with van der Waals surface area (Å²) in [5.41, 5.74) is 6.68. The highest BCUT2D eigenvalue weighted by Crippen LogP contribution is 2.11. The summed E-state index contributed by atoms with van der Waals surface area (Å²) in [7, 11) is 0. The van der Waals surface area contributed by atoms with Crippen LogP contribution in [0.15, 0.2) is 24.3 Å². The van der Waals surface area contributed by atoms with Gasteiger partial charge in [-0.2, -0.15) is 0 Å². The summed E-state index contributed by atoms with van der Waals surface area (Å²) < 4.78 is 17.7. The summed E-state index contributed by atoms with van der Waals surface area (Å²) >= 11 is 0. The predicted octanol–water partition coefficient (Wildman–Crippen LogP) is 2.28. The van der Waals surface area contributed by atoms with E-state index in [9.17, 15) is 4.39 Å². The van der Waals surface area contributed by atoms with Gasteiger partial charge in [-0.1, -0.05) is 12.1 Å². The Labute approximate surface area is 89.7 Å². The summed E-state index contributed by atoms with van der Waals surface area (Å²) in [5.74, 6) is -0.243. The lowest BCUT2D eigenvalue weighted by molar-refractivity contribution is 0.133. The summed E-state index contributed by atoms with van der Waals surface area (Å²) in [6.45, 7) is 3.04. The quantitative estimate of drug-likeness (QED) is 0.844. The average molecular weight is 220 g/mol. The topological polar surface area (TPSA) is 35.2 Å². The van der Waals surface area contributed by atoms with Gasteiger partial charge < -0.3 is 10.5 Å². The normalized spacial score (nSPS) is 11.9. The Hall–Kier alpha value is -0.640. The van der Waals surface area contributed by atoms with Crippen LogP contribution in [0, 0.1) is 5.82 Å². The van der Waals surface area contributed by atoms with Gasteiger partial charge in [0.05, 0.1) is 12.6 Å². The number of nitrogens with two attached hydrogens (primary N) is 1. The highest BCUT2D eigenvalue weighted by atomic mass is 35.5. The second-order valence-electron chi connectivity index (χ2n) is 2.82. The molecule has 1 atom stereocenters. The molecular weight excluding hydrogens is 205 g/mol. The third-order valence-electron chi connectivity index (χ3n) is 1.80. The van der Waals surface area contributed by atoms with Gasteiger partial charge in [-0.05, 0) is 24.6 Å². The van der Waals surface area contributed by atoms with Crippen LogP contribution in [-0.4, -0.2) is 13.2 Å². The minimum atomic E-state index is -0.243. The molecule has 14 heavy (non-hydrogen) atoms. The van der Waals surface area contributed by atoms with E-state index in [1.165, 1.54) is 12.1 Å². The van der Waals surface area contributed by atoms with Crippen LogP contribution in [0.5, 0.6) is 0 Å². The Balaban J connectivity index is 0.00000169. The van der Waals surface area contributed by atoms with Crippen molar-refractivity contribution in [2.75, 3.05) is 13.2 Å². The van der Waals surface area contributed by atoms with E-state index in [1.807, 2.05) is 6.92 Å². The monoisotopic (exact) mass is 219 g/mol. The molecule has 0 saturated carbocycles. The van der Waals surface area contributed by atoms with Crippen LogP contribution in [-0.2, 0) is 4.74 Å². The lowest BCUT2D eigenvalue weighted by atomic mass is 10.1. The molecule has 2 nitrogen and oxygen atoms in total. The molecule has 1 aromatic rings. The molecule has 2 N–H and O–H groups in total. The van der Waals surface area contributed by atoms with Gasteiger partial charge in [-0.15, -0.1) is 12.4 Å². The first-order valence-corrected chi connectivity index (χ1v) is 4.33. The second kappa shape index (κ2) is 6.76. The van der Waals surface area contributed by atoms with Crippen LogP contribution >= 0.6 is 12.4 Å². The van der Waals surface area contributed by atoms with Crippen LogP contribution in [0.25, 0.3) is 0 Å². The molecule has 0 heterocycles. The van der Waals surface area contributed by atoms with Gasteiger partial charge in [0.25, 0.3) is 0 Å². The molecule has 0 saturated heterocycles. The lowest BCUT2D eigenvalue weighted by Crippen LogP contribution is -2.16.